The highest BCUT2D eigenvalue weighted by Crippen LogP contribution is 2.18. The molecule has 0 radical (unpaired) electrons. The van der Waals surface area contributed by atoms with Crippen LogP contribution in [0.3, 0.4) is 0 Å². The molecule has 0 aliphatic heterocycles. The standard InChI is InChI=1S/C18H23N3O4/c1-18(2,3)25-17(23)21-13(12-8-6-5-7-9-12)10-15-19-11-14(20-15)16(22)24-4/h5-9,11,13H,10H2,1-4H3,(H,19,20)(H,21,23)/t13-/m0/s1. The molecule has 1 amide bonds. The molecule has 2 N–H and O–H groups in total. The van der Waals surface area contributed by atoms with Gasteiger partial charge in [-0.05, 0) is 26.3 Å². The largest absolute Gasteiger partial charge is 0.464 e. The number of aromatic amines is 1. The monoisotopic (exact) mass is 345 g/mol. The number of esters is 1. The molecule has 7 nitrogen and oxygen atoms in total. The zero-order chi connectivity index (χ0) is 18.4. The topological polar surface area (TPSA) is 93.3 Å². The molecule has 0 saturated carbocycles. The molecular weight excluding hydrogens is 322 g/mol. The Hall–Kier alpha value is -2.83. The predicted molar refractivity (Wildman–Crippen MR) is 92.2 cm³/mol. The Balaban J connectivity index is 2.16. The first-order chi connectivity index (χ1) is 11.8. The average molecular weight is 345 g/mol. The van der Waals surface area contributed by atoms with Crippen LogP contribution in [0.15, 0.2) is 36.5 Å². The molecule has 7 heteroatoms. The highest BCUT2D eigenvalue weighted by atomic mass is 16.6. The Morgan fingerprint density at radius 3 is 2.52 bits per heavy atom. The minimum atomic E-state index is -0.589. The Labute approximate surface area is 146 Å². The Bertz CT molecular complexity index is 719. The maximum absolute atomic E-state index is 12.2. The Morgan fingerprint density at radius 1 is 1.24 bits per heavy atom. The molecule has 0 unspecified atom stereocenters. The van der Waals surface area contributed by atoms with Gasteiger partial charge in [-0.1, -0.05) is 30.3 Å². The van der Waals surface area contributed by atoms with E-state index < -0.39 is 17.7 Å². The number of carbonyl (C=O) groups is 2. The summed E-state index contributed by atoms with van der Waals surface area (Å²) < 4.78 is 9.99. The number of methoxy groups -OCH3 is 1. The van der Waals surface area contributed by atoms with Gasteiger partial charge in [-0.3, -0.25) is 0 Å². The van der Waals surface area contributed by atoms with Crippen LogP contribution < -0.4 is 5.32 Å². The normalized spacial score (nSPS) is 12.3. The zero-order valence-electron chi connectivity index (χ0n) is 14.8. The number of H-pyrrole nitrogens is 1. The van der Waals surface area contributed by atoms with E-state index in [-0.39, 0.29) is 11.7 Å². The van der Waals surface area contributed by atoms with E-state index >= 15 is 0 Å². The molecule has 0 spiro atoms. The number of nitrogens with one attached hydrogen (secondary N) is 2. The molecule has 1 aromatic heterocycles. The second-order valence-corrected chi connectivity index (χ2v) is 6.55. The Kier molecular flexibility index (Phi) is 5.80. The van der Waals surface area contributed by atoms with Crippen LogP contribution in [0.25, 0.3) is 0 Å². The van der Waals surface area contributed by atoms with Crippen molar-refractivity contribution in [1.82, 2.24) is 15.3 Å². The Morgan fingerprint density at radius 2 is 1.92 bits per heavy atom. The van der Waals surface area contributed by atoms with Crippen LogP contribution in [0, 0.1) is 0 Å². The fourth-order valence-corrected chi connectivity index (χ4v) is 2.26. The summed E-state index contributed by atoms with van der Waals surface area (Å²) in [7, 11) is 1.31. The fraction of sp³-hybridized carbons (Fsp3) is 0.389. The lowest BCUT2D eigenvalue weighted by atomic mass is 10.0. The fourth-order valence-electron chi connectivity index (χ4n) is 2.26. The number of benzene rings is 1. The molecule has 0 saturated heterocycles. The molecule has 0 fully saturated rings. The summed E-state index contributed by atoms with van der Waals surface area (Å²) in [6, 6.07) is 9.14. The lowest BCUT2D eigenvalue weighted by Gasteiger charge is -2.23. The van der Waals surface area contributed by atoms with Crippen molar-refractivity contribution >= 4 is 12.1 Å². The van der Waals surface area contributed by atoms with E-state index in [2.05, 4.69) is 20.0 Å². The van der Waals surface area contributed by atoms with Crippen LogP contribution >= 0.6 is 0 Å². The third kappa shape index (κ3) is 5.63. The van der Waals surface area contributed by atoms with E-state index in [0.29, 0.717) is 12.2 Å². The van der Waals surface area contributed by atoms with Crippen molar-refractivity contribution < 1.29 is 19.1 Å². The third-order valence-corrected chi connectivity index (χ3v) is 3.32. The second-order valence-electron chi connectivity index (χ2n) is 6.55. The molecule has 0 aliphatic rings. The summed E-state index contributed by atoms with van der Waals surface area (Å²) in [6.45, 7) is 5.41. The van der Waals surface area contributed by atoms with Gasteiger partial charge in [-0.25, -0.2) is 14.6 Å². The summed E-state index contributed by atoms with van der Waals surface area (Å²) in [5.41, 5.74) is 0.583. The van der Waals surface area contributed by atoms with Gasteiger partial charge in [-0.2, -0.15) is 0 Å². The first-order valence-electron chi connectivity index (χ1n) is 7.95. The molecule has 1 atom stereocenters. The van der Waals surface area contributed by atoms with Crippen molar-refractivity contribution in [2.45, 2.75) is 38.8 Å². The van der Waals surface area contributed by atoms with E-state index in [1.165, 1.54) is 13.3 Å². The number of hydrogen-bond acceptors (Lipinski definition) is 5. The van der Waals surface area contributed by atoms with Gasteiger partial charge in [-0.15, -0.1) is 0 Å². The first-order valence-corrected chi connectivity index (χ1v) is 7.95. The summed E-state index contributed by atoms with van der Waals surface area (Å²) >= 11 is 0. The molecule has 25 heavy (non-hydrogen) atoms. The van der Waals surface area contributed by atoms with Gasteiger partial charge in [0.1, 0.15) is 17.1 Å². The van der Waals surface area contributed by atoms with Crippen molar-refractivity contribution in [3.8, 4) is 0 Å². The molecule has 1 aromatic carbocycles. The van der Waals surface area contributed by atoms with Gasteiger partial charge in [0, 0.05) is 6.42 Å². The van der Waals surface area contributed by atoms with Crippen LogP contribution in [0.2, 0.25) is 0 Å². The van der Waals surface area contributed by atoms with E-state index in [1.807, 2.05) is 30.3 Å². The van der Waals surface area contributed by atoms with Crippen molar-refractivity contribution in [3.63, 3.8) is 0 Å². The predicted octanol–water partition coefficient (Wildman–Crippen LogP) is 3.00. The van der Waals surface area contributed by atoms with Gasteiger partial charge >= 0.3 is 12.1 Å². The summed E-state index contributed by atoms with van der Waals surface area (Å²) in [5.74, 6) is 0.0698. The lowest BCUT2D eigenvalue weighted by Crippen LogP contribution is -2.35. The molecule has 2 aromatic rings. The molecule has 1 heterocycles. The third-order valence-electron chi connectivity index (χ3n) is 3.32. The van der Waals surface area contributed by atoms with E-state index in [0.717, 1.165) is 5.56 Å². The summed E-state index contributed by atoms with van der Waals surface area (Å²) in [4.78, 5) is 30.8. The van der Waals surface area contributed by atoms with Gasteiger partial charge in [0.15, 0.2) is 0 Å². The zero-order valence-corrected chi connectivity index (χ0v) is 14.8. The maximum Gasteiger partial charge on any atom is 0.408 e. The first kappa shape index (κ1) is 18.5. The molecule has 0 aliphatic carbocycles. The van der Waals surface area contributed by atoms with Crippen molar-refractivity contribution in [3.05, 3.63) is 53.6 Å². The second kappa shape index (κ2) is 7.83. The number of imidazole rings is 1. The van der Waals surface area contributed by atoms with E-state index in [9.17, 15) is 9.59 Å². The van der Waals surface area contributed by atoms with Gasteiger partial charge in [0.2, 0.25) is 0 Å². The summed E-state index contributed by atoms with van der Waals surface area (Å²) in [5, 5.41) is 2.85. The number of nitrogens with zero attached hydrogens (tertiary/aromatic N) is 1. The maximum atomic E-state index is 12.2. The smallest absolute Gasteiger partial charge is 0.408 e. The van der Waals surface area contributed by atoms with E-state index in [4.69, 9.17) is 4.74 Å². The lowest BCUT2D eigenvalue weighted by molar-refractivity contribution is 0.0501. The van der Waals surface area contributed by atoms with Gasteiger partial charge in [0.05, 0.1) is 19.3 Å². The molecule has 2 rings (SSSR count). The number of aromatic nitrogens is 2. The van der Waals surface area contributed by atoms with Crippen LogP contribution in [0.4, 0.5) is 4.79 Å². The SMILES string of the molecule is COC(=O)c1cnc(C[C@H](NC(=O)OC(C)(C)C)c2ccccc2)[nH]1. The number of amides is 1. The number of carbonyl (C=O) groups excluding carboxylic acids is 2. The highest BCUT2D eigenvalue weighted by molar-refractivity contribution is 5.86. The van der Waals surface area contributed by atoms with Crippen molar-refractivity contribution in [2.75, 3.05) is 7.11 Å². The van der Waals surface area contributed by atoms with Crippen LogP contribution in [-0.4, -0.2) is 34.7 Å². The van der Waals surface area contributed by atoms with Crippen molar-refractivity contribution in [2.24, 2.45) is 0 Å². The van der Waals surface area contributed by atoms with Crippen LogP contribution in [0.5, 0.6) is 0 Å². The quantitative estimate of drug-likeness (QED) is 0.813. The van der Waals surface area contributed by atoms with Crippen LogP contribution in [0.1, 0.15) is 48.7 Å². The molecular formula is C18H23N3O4. The highest BCUT2D eigenvalue weighted by Gasteiger charge is 2.22. The van der Waals surface area contributed by atoms with Crippen molar-refractivity contribution in [1.29, 1.82) is 0 Å². The number of hydrogen-bond donors (Lipinski definition) is 2. The number of rotatable bonds is 5. The average Bonchev–Trinajstić information content (AvgIpc) is 3.01. The molecule has 134 valence electrons. The van der Waals surface area contributed by atoms with Gasteiger partial charge in [0.25, 0.3) is 0 Å². The number of ether oxygens (including phenoxy) is 2. The molecule has 0 bridgehead atoms. The minimum absolute atomic E-state index is 0.265. The van der Waals surface area contributed by atoms with Gasteiger partial charge < -0.3 is 19.8 Å². The minimum Gasteiger partial charge on any atom is -0.464 e. The number of alkyl carbamates (subject to hydrolysis) is 1. The van der Waals surface area contributed by atoms with E-state index in [1.54, 1.807) is 20.8 Å². The summed E-state index contributed by atoms with van der Waals surface area (Å²) in [6.07, 6.45) is 1.28. The van der Waals surface area contributed by atoms with Crippen LogP contribution in [-0.2, 0) is 15.9 Å².